The molecule has 0 bridgehead atoms. The highest BCUT2D eigenvalue weighted by atomic mass is 16.3. The molecule has 0 N–H and O–H groups in total. The van der Waals surface area contributed by atoms with E-state index in [2.05, 4.69) is 174 Å². The van der Waals surface area contributed by atoms with Crippen molar-refractivity contribution in [2.45, 2.75) is 0 Å². The molecule has 4 heterocycles. The van der Waals surface area contributed by atoms with E-state index >= 15 is 0 Å². The second-order valence-corrected chi connectivity index (χ2v) is 16.8. The Morgan fingerprint density at radius 3 is 1.68 bits per heavy atom. The Balaban J connectivity index is 0.955. The van der Waals surface area contributed by atoms with Crippen LogP contribution in [0.2, 0.25) is 0 Å². The number of aromatic nitrogens is 4. The molecule has 0 aliphatic rings. The van der Waals surface area contributed by atoms with Crippen molar-refractivity contribution in [3.63, 3.8) is 0 Å². The SMILES string of the molecule is c1ccc(-c2ccc(-c3nc(-c4ccc5c(c4)oc4cc(-n6c7ccccc7c7cc8ccccc8cc76)c6ccccc6c45)nc(-c4ccc5oc6ccccc6c5c4)n3)cc2)cc1. The van der Waals surface area contributed by atoms with E-state index in [4.69, 9.17) is 23.8 Å². The molecule has 6 nitrogen and oxygen atoms in total. The molecule has 10 aromatic carbocycles. The summed E-state index contributed by atoms with van der Waals surface area (Å²) in [5.41, 5.74) is 11.5. The van der Waals surface area contributed by atoms with Gasteiger partial charge in [0, 0.05) is 60.5 Å². The zero-order valence-corrected chi connectivity index (χ0v) is 34.7. The van der Waals surface area contributed by atoms with E-state index < -0.39 is 0 Å². The molecule has 0 atom stereocenters. The molecule has 0 amide bonds. The fourth-order valence-electron chi connectivity index (χ4n) is 9.93. The van der Waals surface area contributed by atoms with Crippen molar-refractivity contribution in [1.82, 2.24) is 19.5 Å². The zero-order chi connectivity index (χ0) is 42.6. The van der Waals surface area contributed by atoms with Crippen LogP contribution in [0.15, 0.2) is 215 Å². The van der Waals surface area contributed by atoms with Gasteiger partial charge in [0.15, 0.2) is 17.5 Å². The Kier molecular flexibility index (Phi) is 7.59. The van der Waals surface area contributed by atoms with E-state index in [-0.39, 0.29) is 0 Å². The van der Waals surface area contributed by atoms with Gasteiger partial charge in [-0.3, -0.25) is 0 Å². The lowest BCUT2D eigenvalue weighted by atomic mass is 10.0. The standard InChI is InChI=1S/C59H34N4O2/c1-2-12-35(13-3-1)36-22-24-37(25-23-36)57-60-58(40-27-29-53-48(31-40)44-18-9-11-21-52(44)64-53)62-59(61-57)41-26-28-46-54(33-41)65-55-34-51(42-16-6-7-19-45(42)56(46)55)63-49-20-10-8-17-43(49)47-30-38-14-4-5-15-39(38)32-50(47)63/h1-34H. The van der Waals surface area contributed by atoms with Crippen LogP contribution in [0, 0.1) is 0 Å². The zero-order valence-electron chi connectivity index (χ0n) is 34.7. The minimum absolute atomic E-state index is 0.555. The number of furan rings is 2. The maximum atomic E-state index is 6.93. The van der Waals surface area contributed by atoms with Gasteiger partial charge in [-0.25, -0.2) is 15.0 Å². The number of fused-ring (bicyclic) bond motifs is 12. The Morgan fingerprint density at radius 1 is 0.292 bits per heavy atom. The van der Waals surface area contributed by atoms with Gasteiger partial charge < -0.3 is 13.4 Å². The van der Waals surface area contributed by atoms with Gasteiger partial charge >= 0.3 is 0 Å². The fraction of sp³-hybridized carbons (Fsp3) is 0. The first-order valence-corrected chi connectivity index (χ1v) is 21.8. The summed E-state index contributed by atoms with van der Waals surface area (Å²) in [4.78, 5) is 15.5. The molecule has 0 saturated carbocycles. The van der Waals surface area contributed by atoms with E-state index in [1.807, 2.05) is 36.4 Å². The van der Waals surface area contributed by atoms with Crippen LogP contribution in [0.25, 0.3) is 138 Å². The second kappa shape index (κ2) is 13.8. The summed E-state index contributed by atoms with van der Waals surface area (Å²) < 4.78 is 15.5. The van der Waals surface area contributed by atoms with Gasteiger partial charge in [-0.15, -0.1) is 0 Å². The number of hydrogen-bond acceptors (Lipinski definition) is 5. The quantitative estimate of drug-likeness (QED) is 0.173. The van der Waals surface area contributed by atoms with Crippen LogP contribution in [-0.2, 0) is 0 Å². The maximum absolute atomic E-state index is 6.93. The third-order valence-corrected chi connectivity index (χ3v) is 13.0. The molecule has 14 aromatic rings. The second-order valence-electron chi connectivity index (χ2n) is 16.8. The molecule has 0 aliphatic heterocycles. The summed E-state index contributed by atoms with van der Waals surface area (Å²) in [6.07, 6.45) is 0. The minimum Gasteiger partial charge on any atom is -0.456 e. The lowest BCUT2D eigenvalue weighted by molar-refractivity contribution is 0.668. The lowest BCUT2D eigenvalue weighted by Crippen LogP contribution is -2.00. The molecular formula is C59H34N4O2. The monoisotopic (exact) mass is 830 g/mol. The van der Waals surface area contributed by atoms with Gasteiger partial charge in [0.2, 0.25) is 0 Å². The number of hydrogen-bond donors (Lipinski definition) is 0. The molecule has 0 spiro atoms. The van der Waals surface area contributed by atoms with Crippen LogP contribution in [0.5, 0.6) is 0 Å². The van der Waals surface area contributed by atoms with Crippen molar-refractivity contribution in [3.05, 3.63) is 206 Å². The van der Waals surface area contributed by atoms with Crippen LogP contribution < -0.4 is 0 Å². The maximum Gasteiger partial charge on any atom is 0.164 e. The number of rotatable bonds is 5. The molecule has 0 radical (unpaired) electrons. The molecule has 65 heavy (non-hydrogen) atoms. The van der Waals surface area contributed by atoms with Crippen LogP contribution >= 0.6 is 0 Å². The fourth-order valence-corrected chi connectivity index (χ4v) is 9.93. The average Bonchev–Trinajstić information content (AvgIpc) is 4.04. The van der Waals surface area contributed by atoms with Crippen molar-refractivity contribution in [3.8, 4) is 51.0 Å². The molecule has 0 aliphatic carbocycles. The first-order valence-electron chi connectivity index (χ1n) is 21.8. The van der Waals surface area contributed by atoms with Crippen molar-refractivity contribution in [1.29, 1.82) is 0 Å². The molecule has 302 valence electrons. The van der Waals surface area contributed by atoms with Crippen LogP contribution in [-0.4, -0.2) is 19.5 Å². The molecular weight excluding hydrogens is 797 g/mol. The van der Waals surface area contributed by atoms with Gasteiger partial charge in [-0.05, 0) is 81.9 Å². The summed E-state index contributed by atoms with van der Waals surface area (Å²) in [6.45, 7) is 0. The summed E-state index contributed by atoms with van der Waals surface area (Å²) >= 11 is 0. The molecule has 4 aromatic heterocycles. The molecule has 6 heteroatoms. The van der Waals surface area contributed by atoms with Crippen LogP contribution in [0.3, 0.4) is 0 Å². The first-order chi connectivity index (χ1) is 32.2. The highest BCUT2D eigenvalue weighted by Gasteiger charge is 2.21. The Bertz CT molecular complexity index is 4240. The average molecular weight is 831 g/mol. The number of nitrogens with zero attached hydrogens (tertiary/aromatic N) is 4. The van der Waals surface area contributed by atoms with E-state index in [0.717, 1.165) is 99.2 Å². The van der Waals surface area contributed by atoms with E-state index in [1.165, 1.54) is 21.5 Å². The number of para-hydroxylation sites is 2. The minimum atomic E-state index is 0.555. The van der Waals surface area contributed by atoms with Gasteiger partial charge in [-0.2, -0.15) is 0 Å². The Hall–Kier alpha value is -8.87. The van der Waals surface area contributed by atoms with Gasteiger partial charge in [0.25, 0.3) is 0 Å². The van der Waals surface area contributed by atoms with Crippen molar-refractivity contribution >= 4 is 87.2 Å². The van der Waals surface area contributed by atoms with E-state index in [0.29, 0.717) is 17.5 Å². The van der Waals surface area contributed by atoms with Crippen molar-refractivity contribution in [2.24, 2.45) is 0 Å². The smallest absolute Gasteiger partial charge is 0.164 e. The Labute approximate surface area is 371 Å². The van der Waals surface area contributed by atoms with Gasteiger partial charge in [-0.1, -0.05) is 146 Å². The van der Waals surface area contributed by atoms with Crippen LogP contribution in [0.4, 0.5) is 0 Å². The number of benzene rings is 10. The van der Waals surface area contributed by atoms with E-state index in [9.17, 15) is 0 Å². The highest BCUT2D eigenvalue weighted by Crippen LogP contribution is 2.43. The highest BCUT2D eigenvalue weighted by molar-refractivity contribution is 6.22. The van der Waals surface area contributed by atoms with Crippen molar-refractivity contribution in [2.75, 3.05) is 0 Å². The normalized spacial score (nSPS) is 12.0. The van der Waals surface area contributed by atoms with E-state index in [1.54, 1.807) is 0 Å². The summed E-state index contributed by atoms with van der Waals surface area (Å²) in [7, 11) is 0. The third kappa shape index (κ3) is 5.57. The predicted molar refractivity (Wildman–Crippen MR) is 265 cm³/mol. The van der Waals surface area contributed by atoms with Crippen molar-refractivity contribution < 1.29 is 8.83 Å². The molecule has 0 saturated heterocycles. The summed E-state index contributed by atoms with van der Waals surface area (Å²) in [5, 5.41) is 11.3. The molecule has 14 rings (SSSR count). The topological polar surface area (TPSA) is 69.9 Å². The van der Waals surface area contributed by atoms with Gasteiger partial charge in [0.05, 0.1) is 16.7 Å². The van der Waals surface area contributed by atoms with Crippen LogP contribution in [0.1, 0.15) is 0 Å². The summed E-state index contributed by atoms with van der Waals surface area (Å²) in [5.74, 6) is 1.71. The lowest BCUT2D eigenvalue weighted by Gasteiger charge is -2.13. The molecule has 0 fully saturated rings. The summed E-state index contributed by atoms with van der Waals surface area (Å²) in [6, 6.07) is 72.2. The third-order valence-electron chi connectivity index (χ3n) is 13.0. The molecule has 0 unspecified atom stereocenters. The Morgan fingerprint density at radius 2 is 0.862 bits per heavy atom. The van der Waals surface area contributed by atoms with Gasteiger partial charge in [0.1, 0.15) is 22.3 Å². The first kappa shape index (κ1) is 35.7. The predicted octanol–water partition coefficient (Wildman–Crippen LogP) is 15.7. The largest absolute Gasteiger partial charge is 0.456 e.